The standard InChI is InChI=1S/C8H8N2O/c11-7-10-6-3-8-1-4-9-5-2-8/h1-2,4-5H,3,6H2. The Labute approximate surface area is 64.8 Å². The highest BCUT2D eigenvalue weighted by atomic mass is 16.1. The molecule has 0 aliphatic rings. The van der Waals surface area contributed by atoms with E-state index >= 15 is 0 Å². The number of carbonyl (C=O) groups excluding carboxylic acids is 1. The molecule has 0 unspecified atom stereocenters. The van der Waals surface area contributed by atoms with Gasteiger partial charge in [0.15, 0.2) is 0 Å². The van der Waals surface area contributed by atoms with Gasteiger partial charge in [-0.1, -0.05) is 0 Å². The summed E-state index contributed by atoms with van der Waals surface area (Å²) in [6, 6.07) is 3.81. The maximum atomic E-state index is 9.69. The van der Waals surface area contributed by atoms with E-state index in [0.29, 0.717) is 6.54 Å². The Bertz CT molecular complexity index is 252. The van der Waals surface area contributed by atoms with Crippen LogP contribution in [-0.4, -0.2) is 17.6 Å². The fraction of sp³-hybridized carbons (Fsp3) is 0.250. The van der Waals surface area contributed by atoms with Crippen LogP contribution in [0.1, 0.15) is 5.56 Å². The summed E-state index contributed by atoms with van der Waals surface area (Å²) >= 11 is 0. The summed E-state index contributed by atoms with van der Waals surface area (Å²) < 4.78 is 0. The van der Waals surface area contributed by atoms with Gasteiger partial charge in [-0.2, -0.15) is 0 Å². The summed E-state index contributed by atoms with van der Waals surface area (Å²) in [7, 11) is 0. The summed E-state index contributed by atoms with van der Waals surface area (Å²) in [6.45, 7) is 0.507. The van der Waals surface area contributed by atoms with Crippen LogP contribution in [0.2, 0.25) is 0 Å². The average Bonchev–Trinajstić information content (AvgIpc) is 2.07. The lowest BCUT2D eigenvalue weighted by Crippen LogP contribution is -1.88. The molecule has 0 spiro atoms. The highest BCUT2D eigenvalue weighted by molar-refractivity contribution is 5.32. The van der Waals surface area contributed by atoms with E-state index in [-0.39, 0.29) is 0 Å². The molecule has 0 atom stereocenters. The van der Waals surface area contributed by atoms with Crippen LogP contribution < -0.4 is 0 Å². The quantitative estimate of drug-likeness (QED) is 0.473. The van der Waals surface area contributed by atoms with Gasteiger partial charge in [0, 0.05) is 12.4 Å². The average molecular weight is 148 g/mol. The molecule has 0 aliphatic carbocycles. The molecule has 11 heavy (non-hydrogen) atoms. The van der Waals surface area contributed by atoms with E-state index in [1.54, 1.807) is 12.4 Å². The van der Waals surface area contributed by atoms with E-state index in [0.717, 1.165) is 12.0 Å². The molecule has 56 valence electrons. The van der Waals surface area contributed by atoms with Crippen LogP contribution >= 0.6 is 0 Å². The van der Waals surface area contributed by atoms with E-state index in [4.69, 9.17) is 0 Å². The zero-order chi connectivity index (χ0) is 7.94. The van der Waals surface area contributed by atoms with Crippen molar-refractivity contribution in [1.82, 2.24) is 4.98 Å². The minimum absolute atomic E-state index is 0.507. The minimum atomic E-state index is 0.507. The van der Waals surface area contributed by atoms with Gasteiger partial charge in [-0.3, -0.25) is 4.98 Å². The number of hydrogen-bond acceptors (Lipinski definition) is 3. The second-order valence-electron chi connectivity index (χ2n) is 2.08. The highest BCUT2D eigenvalue weighted by Crippen LogP contribution is 1.96. The summed E-state index contributed by atoms with van der Waals surface area (Å²) in [5.74, 6) is 0. The Morgan fingerprint density at radius 1 is 1.45 bits per heavy atom. The fourth-order valence-corrected chi connectivity index (χ4v) is 0.780. The lowest BCUT2D eigenvalue weighted by Gasteiger charge is -1.93. The maximum absolute atomic E-state index is 9.69. The Kier molecular flexibility index (Phi) is 3.03. The Hall–Kier alpha value is -1.47. The van der Waals surface area contributed by atoms with Gasteiger partial charge >= 0.3 is 0 Å². The number of pyridine rings is 1. The molecular weight excluding hydrogens is 140 g/mol. The van der Waals surface area contributed by atoms with Crippen molar-refractivity contribution >= 4 is 6.08 Å². The minimum Gasteiger partial charge on any atom is -0.265 e. The van der Waals surface area contributed by atoms with Crippen molar-refractivity contribution in [2.75, 3.05) is 6.54 Å². The zero-order valence-electron chi connectivity index (χ0n) is 6.03. The van der Waals surface area contributed by atoms with Crippen LogP contribution in [0.5, 0.6) is 0 Å². The van der Waals surface area contributed by atoms with Gasteiger partial charge in [-0.05, 0) is 24.1 Å². The van der Waals surface area contributed by atoms with Crippen LogP contribution in [0.3, 0.4) is 0 Å². The first-order valence-electron chi connectivity index (χ1n) is 3.36. The molecule has 0 amide bonds. The Morgan fingerprint density at radius 2 is 2.18 bits per heavy atom. The molecule has 0 fully saturated rings. The molecule has 0 aliphatic heterocycles. The van der Waals surface area contributed by atoms with Gasteiger partial charge < -0.3 is 0 Å². The van der Waals surface area contributed by atoms with E-state index in [1.165, 1.54) is 6.08 Å². The number of aromatic nitrogens is 1. The smallest absolute Gasteiger partial charge is 0.234 e. The Morgan fingerprint density at radius 3 is 2.82 bits per heavy atom. The fourth-order valence-electron chi connectivity index (χ4n) is 0.780. The third-order valence-corrected chi connectivity index (χ3v) is 1.33. The molecule has 1 aromatic heterocycles. The molecule has 1 aromatic rings. The van der Waals surface area contributed by atoms with Crippen molar-refractivity contribution in [2.45, 2.75) is 6.42 Å². The van der Waals surface area contributed by atoms with E-state index in [9.17, 15) is 4.79 Å². The van der Waals surface area contributed by atoms with Gasteiger partial charge in [0.2, 0.25) is 6.08 Å². The van der Waals surface area contributed by atoms with Gasteiger partial charge in [0.1, 0.15) is 0 Å². The van der Waals surface area contributed by atoms with Gasteiger partial charge in [0.25, 0.3) is 0 Å². The molecule has 0 saturated carbocycles. The van der Waals surface area contributed by atoms with Gasteiger partial charge in [0.05, 0.1) is 6.54 Å². The first kappa shape index (κ1) is 7.63. The van der Waals surface area contributed by atoms with E-state index < -0.39 is 0 Å². The van der Waals surface area contributed by atoms with E-state index in [2.05, 4.69) is 9.98 Å². The monoisotopic (exact) mass is 148 g/mol. The molecule has 3 heteroatoms. The van der Waals surface area contributed by atoms with Crippen molar-refractivity contribution in [3.8, 4) is 0 Å². The number of hydrogen-bond donors (Lipinski definition) is 0. The summed E-state index contributed by atoms with van der Waals surface area (Å²) in [4.78, 5) is 17.0. The van der Waals surface area contributed by atoms with Gasteiger partial charge in [-0.25, -0.2) is 9.79 Å². The van der Waals surface area contributed by atoms with Crippen LogP contribution in [0.15, 0.2) is 29.5 Å². The third-order valence-electron chi connectivity index (χ3n) is 1.33. The molecule has 1 rings (SSSR count). The molecule has 0 bridgehead atoms. The maximum Gasteiger partial charge on any atom is 0.234 e. The van der Waals surface area contributed by atoms with Crippen molar-refractivity contribution in [1.29, 1.82) is 0 Å². The molecule has 0 radical (unpaired) electrons. The van der Waals surface area contributed by atoms with Gasteiger partial charge in [-0.15, -0.1) is 0 Å². The van der Waals surface area contributed by atoms with Crippen LogP contribution in [0.4, 0.5) is 0 Å². The molecular formula is C8H8N2O. The lowest BCUT2D eigenvalue weighted by molar-refractivity contribution is 0.563. The lowest BCUT2D eigenvalue weighted by atomic mass is 10.2. The predicted molar refractivity (Wildman–Crippen MR) is 40.9 cm³/mol. The van der Waals surface area contributed by atoms with Crippen molar-refractivity contribution < 1.29 is 4.79 Å². The van der Waals surface area contributed by atoms with Crippen LogP contribution in [0, 0.1) is 0 Å². The highest BCUT2D eigenvalue weighted by Gasteiger charge is 1.88. The summed E-state index contributed by atoms with van der Waals surface area (Å²) in [6.07, 6.45) is 5.72. The normalized spacial score (nSPS) is 8.73. The van der Waals surface area contributed by atoms with Crippen molar-refractivity contribution in [3.63, 3.8) is 0 Å². The topological polar surface area (TPSA) is 42.3 Å². The number of nitrogens with zero attached hydrogens (tertiary/aromatic N) is 2. The summed E-state index contributed by atoms with van der Waals surface area (Å²) in [5.41, 5.74) is 1.14. The van der Waals surface area contributed by atoms with E-state index in [1.807, 2.05) is 12.1 Å². The number of aliphatic imine (C=N–C) groups is 1. The molecule has 1 heterocycles. The van der Waals surface area contributed by atoms with Crippen LogP contribution in [-0.2, 0) is 11.2 Å². The third kappa shape index (κ3) is 2.74. The number of isocyanates is 1. The second-order valence-corrected chi connectivity index (χ2v) is 2.08. The summed E-state index contributed by atoms with van der Waals surface area (Å²) in [5, 5.41) is 0. The number of rotatable bonds is 3. The molecule has 3 nitrogen and oxygen atoms in total. The molecule has 0 saturated heterocycles. The zero-order valence-corrected chi connectivity index (χ0v) is 6.03. The van der Waals surface area contributed by atoms with Crippen molar-refractivity contribution in [2.24, 2.45) is 4.99 Å². The first-order valence-corrected chi connectivity index (χ1v) is 3.36. The van der Waals surface area contributed by atoms with Crippen molar-refractivity contribution in [3.05, 3.63) is 30.1 Å². The molecule has 0 aromatic carbocycles. The van der Waals surface area contributed by atoms with Crippen LogP contribution in [0.25, 0.3) is 0 Å². The molecule has 0 N–H and O–H groups in total. The predicted octanol–water partition coefficient (Wildman–Crippen LogP) is 0.960. The Balaban J connectivity index is 2.45. The largest absolute Gasteiger partial charge is 0.265 e. The first-order chi connectivity index (χ1) is 5.43. The second kappa shape index (κ2) is 4.36. The SMILES string of the molecule is O=C=NCCc1ccncc1.